The van der Waals surface area contributed by atoms with Gasteiger partial charge < -0.3 is 15.3 Å². The van der Waals surface area contributed by atoms with Crippen molar-refractivity contribution in [3.8, 4) is 0 Å². The highest BCUT2D eigenvalue weighted by Gasteiger charge is 2.27. The molecule has 2 rings (SSSR count). The molecule has 0 bridgehead atoms. The zero-order valence-electron chi connectivity index (χ0n) is 12.5. The fourth-order valence-corrected chi connectivity index (χ4v) is 2.73. The molecule has 0 spiro atoms. The molecule has 20 heavy (non-hydrogen) atoms. The Morgan fingerprint density at radius 2 is 2.00 bits per heavy atom. The van der Waals surface area contributed by atoms with Gasteiger partial charge in [0.15, 0.2) is 0 Å². The summed E-state index contributed by atoms with van der Waals surface area (Å²) in [4.78, 5) is 12.8. The minimum absolute atomic E-state index is 0.349. The lowest BCUT2D eigenvalue weighted by molar-refractivity contribution is 0.0970. The summed E-state index contributed by atoms with van der Waals surface area (Å²) in [6.07, 6.45) is 0.986. The number of fused-ring (bicyclic) bond motifs is 1. The van der Waals surface area contributed by atoms with Crippen LogP contribution in [-0.2, 0) is 13.0 Å². The average Bonchev–Trinajstić information content (AvgIpc) is 2.36. The van der Waals surface area contributed by atoms with E-state index in [-0.39, 0.29) is 5.54 Å². The Morgan fingerprint density at radius 3 is 2.60 bits per heavy atom. The largest absolute Gasteiger partial charge is 0.465 e. The number of carbonyl (C=O) groups is 1. The molecule has 0 aliphatic carbocycles. The normalized spacial score (nSPS) is 18.4. The highest BCUT2D eigenvalue weighted by molar-refractivity contribution is 5.65. The Bertz CT molecular complexity index is 480. The maximum absolute atomic E-state index is 11.3. The van der Waals surface area contributed by atoms with E-state index in [0.29, 0.717) is 12.6 Å². The number of hydrogen-bond donors (Lipinski definition) is 2. The van der Waals surface area contributed by atoms with Crippen LogP contribution in [0.2, 0.25) is 0 Å². The molecule has 0 radical (unpaired) electrons. The van der Waals surface area contributed by atoms with Crippen molar-refractivity contribution >= 4 is 6.09 Å². The van der Waals surface area contributed by atoms with Gasteiger partial charge >= 0.3 is 6.09 Å². The summed E-state index contributed by atoms with van der Waals surface area (Å²) in [7, 11) is 0. The van der Waals surface area contributed by atoms with Crippen molar-refractivity contribution in [1.29, 1.82) is 0 Å². The minimum Gasteiger partial charge on any atom is -0.465 e. The summed E-state index contributed by atoms with van der Waals surface area (Å²) in [5.41, 5.74) is 2.39. The smallest absolute Gasteiger partial charge is 0.407 e. The van der Waals surface area contributed by atoms with Crippen LogP contribution in [0.1, 0.15) is 38.3 Å². The number of rotatable bonds is 3. The molecule has 1 aromatic rings. The van der Waals surface area contributed by atoms with E-state index in [9.17, 15) is 9.90 Å². The van der Waals surface area contributed by atoms with Crippen LogP contribution >= 0.6 is 0 Å². The average molecular weight is 276 g/mol. The first-order valence-corrected chi connectivity index (χ1v) is 7.18. The number of hydrogen-bond acceptors (Lipinski definition) is 2. The first-order chi connectivity index (χ1) is 9.38. The molecule has 0 saturated heterocycles. The molecular formula is C16H24N2O2. The predicted octanol–water partition coefficient (Wildman–Crippen LogP) is 2.87. The van der Waals surface area contributed by atoms with E-state index in [1.165, 1.54) is 16.0 Å². The van der Waals surface area contributed by atoms with E-state index in [2.05, 4.69) is 29.6 Å². The highest BCUT2D eigenvalue weighted by Crippen LogP contribution is 2.20. The molecule has 0 unspecified atom stereocenters. The van der Waals surface area contributed by atoms with Crippen LogP contribution < -0.4 is 5.32 Å². The fourth-order valence-electron chi connectivity index (χ4n) is 2.73. The van der Waals surface area contributed by atoms with Gasteiger partial charge in [-0.25, -0.2) is 4.79 Å². The monoisotopic (exact) mass is 276 g/mol. The van der Waals surface area contributed by atoms with Crippen LogP contribution in [-0.4, -0.2) is 34.2 Å². The van der Waals surface area contributed by atoms with Crippen molar-refractivity contribution in [3.63, 3.8) is 0 Å². The molecular weight excluding hydrogens is 252 g/mol. The quantitative estimate of drug-likeness (QED) is 0.892. The van der Waals surface area contributed by atoms with Crippen LogP contribution in [0, 0.1) is 0 Å². The SMILES string of the molecule is CC(C)(C)N(CC[C@@H]1Cc2ccccc2CN1)C(=O)O. The Hall–Kier alpha value is -1.55. The maximum atomic E-state index is 11.3. The summed E-state index contributed by atoms with van der Waals surface area (Å²) in [6, 6.07) is 8.81. The van der Waals surface area contributed by atoms with E-state index < -0.39 is 6.09 Å². The Kier molecular flexibility index (Phi) is 4.33. The second-order valence-electron chi connectivity index (χ2n) is 6.44. The number of nitrogens with zero attached hydrogens (tertiary/aromatic N) is 1. The number of carboxylic acid groups (broad SMARTS) is 1. The lowest BCUT2D eigenvalue weighted by Gasteiger charge is -2.35. The third-order valence-electron chi connectivity index (χ3n) is 3.91. The van der Waals surface area contributed by atoms with Gasteiger partial charge in [-0.3, -0.25) is 0 Å². The molecule has 4 heteroatoms. The van der Waals surface area contributed by atoms with E-state index in [1.807, 2.05) is 20.8 Å². The molecule has 0 saturated carbocycles. The van der Waals surface area contributed by atoms with Gasteiger partial charge in [0.1, 0.15) is 0 Å². The second kappa shape index (κ2) is 5.83. The van der Waals surface area contributed by atoms with E-state index in [4.69, 9.17) is 0 Å². The molecule has 1 aromatic carbocycles. The number of benzene rings is 1. The van der Waals surface area contributed by atoms with Crippen molar-refractivity contribution in [2.24, 2.45) is 0 Å². The highest BCUT2D eigenvalue weighted by atomic mass is 16.4. The summed E-state index contributed by atoms with van der Waals surface area (Å²) >= 11 is 0. The standard InChI is InChI=1S/C16H24N2O2/c1-16(2,3)18(15(19)20)9-8-14-10-12-6-4-5-7-13(12)11-17-14/h4-7,14,17H,8-11H2,1-3H3,(H,19,20)/t14-/m1/s1. The van der Waals surface area contributed by atoms with Gasteiger partial charge in [-0.2, -0.15) is 0 Å². The Balaban J connectivity index is 1.94. The molecule has 2 N–H and O–H groups in total. The summed E-state index contributed by atoms with van der Waals surface area (Å²) < 4.78 is 0. The van der Waals surface area contributed by atoms with Gasteiger partial charge in [0, 0.05) is 24.7 Å². The third-order valence-corrected chi connectivity index (χ3v) is 3.91. The Morgan fingerprint density at radius 1 is 1.35 bits per heavy atom. The number of nitrogens with one attached hydrogen (secondary N) is 1. The lowest BCUT2D eigenvalue weighted by atomic mass is 9.94. The van der Waals surface area contributed by atoms with Gasteiger partial charge in [-0.05, 0) is 44.7 Å². The molecule has 0 aromatic heterocycles. The van der Waals surface area contributed by atoms with E-state index >= 15 is 0 Å². The predicted molar refractivity (Wildman–Crippen MR) is 79.9 cm³/mol. The van der Waals surface area contributed by atoms with E-state index in [1.54, 1.807) is 0 Å². The summed E-state index contributed by atoms with van der Waals surface area (Å²) in [5, 5.41) is 12.8. The Labute approximate surface area is 120 Å². The lowest BCUT2D eigenvalue weighted by Crippen LogP contribution is -2.47. The van der Waals surface area contributed by atoms with Crippen LogP contribution in [0.15, 0.2) is 24.3 Å². The van der Waals surface area contributed by atoms with Gasteiger partial charge in [-0.1, -0.05) is 24.3 Å². The van der Waals surface area contributed by atoms with Crippen molar-refractivity contribution in [2.45, 2.75) is 51.7 Å². The molecule has 110 valence electrons. The van der Waals surface area contributed by atoms with Crippen molar-refractivity contribution in [2.75, 3.05) is 6.54 Å². The van der Waals surface area contributed by atoms with E-state index in [0.717, 1.165) is 19.4 Å². The second-order valence-corrected chi connectivity index (χ2v) is 6.44. The third kappa shape index (κ3) is 3.51. The molecule has 1 heterocycles. The van der Waals surface area contributed by atoms with Crippen LogP contribution in [0.3, 0.4) is 0 Å². The maximum Gasteiger partial charge on any atom is 0.407 e. The van der Waals surface area contributed by atoms with Crippen molar-refractivity contribution in [3.05, 3.63) is 35.4 Å². The minimum atomic E-state index is -0.839. The summed E-state index contributed by atoms with van der Waals surface area (Å²) in [5.74, 6) is 0. The van der Waals surface area contributed by atoms with Gasteiger partial charge in [-0.15, -0.1) is 0 Å². The van der Waals surface area contributed by atoms with Crippen LogP contribution in [0.25, 0.3) is 0 Å². The molecule has 1 amide bonds. The van der Waals surface area contributed by atoms with Gasteiger partial charge in [0.25, 0.3) is 0 Å². The van der Waals surface area contributed by atoms with Gasteiger partial charge in [0.2, 0.25) is 0 Å². The first-order valence-electron chi connectivity index (χ1n) is 7.18. The zero-order chi connectivity index (χ0) is 14.8. The molecule has 1 aliphatic rings. The first kappa shape index (κ1) is 14.9. The molecule has 0 fully saturated rings. The number of amides is 1. The molecule has 1 aliphatic heterocycles. The topological polar surface area (TPSA) is 52.6 Å². The summed E-state index contributed by atoms with van der Waals surface area (Å²) in [6.45, 7) is 7.25. The molecule has 1 atom stereocenters. The van der Waals surface area contributed by atoms with Crippen molar-refractivity contribution < 1.29 is 9.90 Å². The van der Waals surface area contributed by atoms with Gasteiger partial charge in [0.05, 0.1) is 0 Å². The zero-order valence-corrected chi connectivity index (χ0v) is 12.5. The van der Waals surface area contributed by atoms with Crippen LogP contribution in [0.4, 0.5) is 4.79 Å². The fraction of sp³-hybridized carbons (Fsp3) is 0.562. The van der Waals surface area contributed by atoms with Crippen molar-refractivity contribution in [1.82, 2.24) is 10.2 Å². The molecule has 4 nitrogen and oxygen atoms in total. The van der Waals surface area contributed by atoms with Crippen LogP contribution in [0.5, 0.6) is 0 Å².